The number of hydrogen-bond acceptors (Lipinski definition) is 3. The van der Waals surface area contributed by atoms with E-state index in [0.717, 1.165) is 19.3 Å². The maximum absolute atomic E-state index is 12.1. The molecule has 0 unspecified atom stereocenters. The molecule has 20 heavy (non-hydrogen) atoms. The molecule has 1 aliphatic heterocycles. The fourth-order valence-corrected chi connectivity index (χ4v) is 4.01. The van der Waals surface area contributed by atoms with Crippen LogP contribution >= 0.6 is 0 Å². The summed E-state index contributed by atoms with van der Waals surface area (Å²) in [6.45, 7) is 0.496. The molecular weight excluding hydrogens is 276 g/mol. The Morgan fingerprint density at radius 3 is 2.75 bits per heavy atom. The second-order valence-corrected chi connectivity index (χ2v) is 7.41. The average molecular weight is 294 g/mol. The summed E-state index contributed by atoms with van der Waals surface area (Å²) in [7, 11) is -3.23. The number of carbonyl (C=O) groups excluding carboxylic acids is 1. The first-order valence-corrected chi connectivity index (χ1v) is 8.58. The standard InChI is InChI=1S/C14H18N2O3S/c17-14(15-12-6-7-12)11-4-3-5-13(10-11)16-8-1-2-9-20(16,18)19/h3-5,10,12H,1-2,6-9H2,(H,15,17). The van der Waals surface area contributed by atoms with Crippen molar-refractivity contribution in [3.8, 4) is 0 Å². The van der Waals surface area contributed by atoms with Gasteiger partial charge in [0.15, 0.2) is 0 Å². The van der Waals surface area contributed by atoms with E-state index in [0.29, 0.717) is 30.3 Å². The highest BCUT2D eigenvalue weighted by Gasteiger charge is 2.27. The molecule has 0 aromatic heterocycles. The van der Waals surface area contributed by atoms with Crippen LogP contribution in [-0.4, -0.2) is 32.7 Å². The van der Waals surface area contributed by atoms with Gasteiger partial charge in [-0.3, -0.25) is 9.10 Å². The smallest absolute Gasteiger partial charge is 0.251 e. The number of hydrogen-bond donors (Lipinski definition) is 1. The molecule has 1 aromatic rings. The minimum Gasteiger partial charge on any atom is -0.349 e. The molecular formula is C14H18N2O3S. The van der Waals surface area contributed by atoms with Gasteiger partial charge in [-0.05, 0) is 43.9 Å². The van der Waals surface area contributed by atoms with Crippen LogP contribution in [0.5, 0.6) is 0 Å². The van der Waals surface area contributed by atoms with E-state index in [1.54, 1.807) is 24.3 Å². The summed E-state index contributed by atoms with van der Waals surface area (Å²) in [4.78, 5) is 12.0. The third-order valence-corrected chi connectivity index (χ3v) is 5.53. The van der Waals surface area contributed by atoms with Crippen molar-refractivity contribution in [2.45, 2.75) is 31.7 Å². The molecule has 0 atom stereocenters. The lowest BCUT2D eigenvalue weighted by Gasteiger charge is -2.28. The molecule has 1 saturated carbocycles. The maximum atomic E-state index is 12.1. The van der Waals surface area contributed by atoms with E-state index >= 15 is 0 Å². The van der Waals surface area contributed by atoms with E-state index in [1.807, 2.05) is 0 Å². The minimum atomic E-state index is -3.23. The first-order valence-electron chi connectivity index (χ1n) is 6.98. The molecule has 5 nitrogen and oxygen atoms in total. The Kier molecular flexibility index (Phi) is 3.41. The average Bonchev–Trinajstić information content (AvgIpc) is 3.22. The van der Waals surface area contributed by atoms with Crippen molar-refractivity contribution >= 4 is 21.6 Å². The zero-order chi connectivity index (χ0) is 14.2. The van der Waals surface area contributed by atoms with Crippen LogP contribution in [0.2, 0.25) is 0 Å². The number of amides is 1. The van der Waals surface area contributed by atoms with Gasteiger partial charge in [0, 0.05) is 18.2 Å². The van der Waals surface area contributed by atoms with Crippen LogP contribution in [-0.2, 0) is 10.0 Å². The van der Waals surface area contributed by atoms with Crippen molar-refractivity contribution in [3.63, 3.8) is 0 Å². The number of sulfonamides is 1. The van der Waals surface area contributed by atoms with Gasteiger partial charge in [0.2, 0.25) is 10.0 Å². The van der Waals surface area contributed by atoms with Crippen molar-refractivity contribution in [2.24, 2.45) is 0 Å². The third-order valence-electron chi connectivity index (χ3n) is 3.66. The highest BCUT2D eigenvalue weighted by atomic mass is 32.2. The van der Waals surface area contributed by atoms with Crippen LogP contribution in [0.4, 0.5) is 5.69 Å². The Labute approximate surface area is 119 Å². The third kappa shape index (κ3) is 2.80. The first-order chi connectivity index (χ1) is 9.56. The summed E-state index contributed by atoms with van der Waals surface area (Å²) in [6, 6.07) is 7.17. The van der Waals surface area contributed by atoms with Gasteiger partial charge >= 0.3 is 0 Å². The van der Waals surface area contributed by atoms with Crippen molar-refractivity contribution in [2.75, 3.05) is 16.6 Å². The van der Waals surface area contributed by atoms with Crippen LogP contribution in [0.3, 0.4) is 0 Å². The van der Waals surface area contributed by atoms with Crippen LogP contribution in [0.25, 0.3) is 0 Å². The lowest BCUT2D eigenvalue weighted by atomic mass is 10.2. The fourth-order valence-electron chi connectivity index (χ4n) is 2.38. The van der Waals surface area contributed by atoms with Gasteiger partial charge in [0.25, 0.3) is 5.91 Å². The Bertz CT molecular complexity index is 623. The number of anilines is 1. The van der Waals surface area contributed by atoms with Gasteiger partial charge in [-0.1, -0.05) is 6.07 Å². The summed E-state index contributed by atoms with van der Waals surface area (Å²) in [5, 5.41) is 2.91. The molecule has 1 aliphatic carbocycles. The molecule has 1 heterocycles. The zero-order valence-electron chi connectivity index (χ0n) is 11.2. The maximum Gasteiger partial charge on any atom is 0.251 e. The second kappa shape index (κ2) is 5.09. The van der Waals surface area contributed by atoms with Gasteiger partial charge in [-0.15, -0.1) is 0 Å². The van der Waals surface area contributed by atoms with Gasteiger partial charge < -0.3 is 5.32 Å². The van der Waals surface area contributed by atoms with Crippen LogP contribution < -0.4 is 9.62 Å². The highest BCUT2D eigenvalue weighted by Crippen LogP contribution is 2.25. The second-order valence-electron chi connectivity index (χ2n) is 5.39. The lowest BCUT2D eigenvalue weighted by molar-refractivity contribution is 0.0951. The molecule has 0 spiro atoms. The highest BCUT2D eigenvalue weighted by molar-refractivity contribution is 7.92. The minimum absolute atomic E-state index is 0.122. The van der Waals surface area contributed by atoms with Crippen LogP contribution in [0.15, 0.2) is 24.3 Å². The number of carbonyl (C=O) groups is 1. The molecule has 0 bridgehead atoms. The topological polar surface area (TPSA) is 66.5 Å². The predicted octanol–water partition coefficient (Wildman–Crippen LogP) is 1.51. The van der Waals surface area contributed by atoms with Crippen molar-refractivity contribution < 1.29 is 13.2 Å². The van der Waals surface area contributed by atoms with Crippen LogP contribution in [0.1, 0.15) is 36.0 Å². The summed E-state index contributed by atoms with van der Waals surface area (Å²) < 4.78 is 25.6. The Balaban J connectivity index is 1.84. The molecule has 3 rings (SSSR count). The fraction of sp³-hybridized carbons (Fsp3) is 0.500. The molecule has 2 aliphatic rings. The SMILES string of the molecule is O=C(NC1CC1)c1cccc(N2CCCCS2(=O)=O)c1. The van der Waals surface area contributed by atoms with E-state index in [-0.39, 0.29) is 11.7 Å². The van der Waals surface area contributed by atoms with E-state index in [2.05, 4.69) is 5.32 Å². The number of rotatable bonds is 3. The van der Waals surface area contributed by atoms with E-state index in [9.17, 15) is 13.2 Å². The zero-order valence-corrected chi connectivity index (χ0v) is 12.0. The molecule has 2 fully saturated rings. The lowest BCUT2D eigenvalue weighted by Crippen LogP contribution is -2.38. The van der Waals surface area contributed by atoms with Gasteiger partial charge in [0.05, 0.1) is 11.4 Å². The van der Waals surface area contributed by atoms with Crippen molar-refractivity contribution in [3.05, 3.63) is 29.8 Å². The molecule has 6 heteroatoms. The van der Waals surface area contributed by atoms with Gasteiger partial charge in [-0.2, -0.15) is 0 Å². The number of nitrogens with one attached hydrogen (secondary N) is 1. The Morgan fingerprint density at radius 1 is 1.25 bits per heavy atom. The molecule has 1 N–H and O–H groups in total. The quantitative estimate of drug-likeness (QED) is 0.919. The summed E-state index contributed by atoms with van der Waals surface area (Å²) >= 11 is 0. The normalized spacial score (nSPS) is 21.5. The van der Waals surface area contributed by atoms with E-state index < -0.39 is 10.0 Å². The monoisotopic (exact) mass is 294 g/mol. The Morgan fingerprint density at radius 2 is 2.05 bits per heavy atom. The van der Waals surface area contributed by atoms with Crippen LogP contribution in [0, 0.1) is 0 Å². The van der Waals surface area contributed by atoms with Gasteiger partial charge in [0.1, 0.15) is 0 Å². The molecule has 108 valence electrons. The summed E-state index contributed by atoms with van der Waals surface area (Å²) in [5.41, 5.74) is 1.11. The summed E-state index contributed by atoms with van der Waals surface area (Å²) in [6.07, 6.45) is 3.64. The molecule has 1 saturated heterocycles. The molecule has 1 amide bonds. The number of benzene rings is 1. The molecule has 0 radical (unpaired) electrons. The molecule has 1 aromatic carbocycles. The van der Waals surface area contributed by atoms with E-state index in [4.69, 9.17) is 0 Å². The van der Waals surface area contributed by atoms with Gasteiger partial charge in [-0.25, -0.2) is 8.42 Å². The van der Waals surface area contributed by atoms with Crippen molar-refractivity contribution in [1.29, 1.82) is 0 Å². The number of nitrogens with zero attached hydrogens (tertiary/aromatic N) is 1. The van der Waals surface area contributed by atoms with Crippen molar-refractivity contribution in [1.82, 2.24) is 5.32 Å². The largest absolute Gasteiger partial charge is 0.349 e. The van der Waals surface area contributed by atoms with E-state index in [1.165, 1.54) is 4.31 Å². The Hall–Kier alpha value is -1.56. The predicted molar refractivity (Wildman–Crippen MR) is 77.3 cm³/mol. The summed E-state index contributed by atoms with van der Waals surface area (Å²) in [5.74, 6) is 0.0645. The first kappa shape index (κ1) is 13.4.